The number of hydrogen-bond donors (Lipinski definition) is 1. The summed E-state index contributed by atoms with van der Waals surface area (Å²) in [5, 5.41) is 10.7. The second kappa shape index (κ2) is 6.34. The summed E-state index contributed by atoms with van der Waals surface area (Å²) in [6.45, 7) is 6.40. The van der Waals surface area contributed by atoms with Crippen LogP contribution in [0.25, 0.3) is 11.4 Å². The molecule has 0 saturated heterocycles. The van der Waals surface area contributed by atoms with Crippen LogP contribution < -0.4 is 5.32 Å². The molecule has 0 aliphatic rings. The molecule has 7 heteroatoms. The Labute approximate surface area is 123 Å². The predicted molar refractivity (Wildman–Crippen MR) is 77.5 cm³/mol. The van der Waals surface area contributed by atoms with Gasteiger partial charge in [0.1, 0.15) is 11.3 Å². The van der Waals surface area contributed by atoms with E-state index in [-0.39, 0.29) is 0 Å². The highest BCUT2D eigenvalue weighted by atomic mass is 16.6. The number of amides is 1. The highest BCUT2D eigenvalue weighted by Crippen LogP contribution is 2.11. The molecule has 1 N–H and O–H groups in total. The van der Waals surface area contributed by atoms with Crippen LogP contribution >= 0.6 is 0 Å². The SMILES string of the molecule is CC(C)(C)OC(=O)NCCn1cc(-c2ccccn2)nn1. The lowest BCUT2D eigenvalue weighted by atomic mass is 10.2. The van der Waals surface area contributed by atoms with Gasteiger partial charge >= 0.3 is 6.09 Å². The van der Waals surface area contributed by atoms with E-state index in [1.54, 1.807) is 17.1 Å². The van der Waals surface area contributed by atoms with Crippen molar-refractivity contribution in [1.29, 1.82) is 0 Å². The van der Waals surface area contributed by atoms with Gasteiger partial charge in [0, 0.05) is 12.7 Å². The monoisotopic (exact) mass is 289 g/mol. The van der Waals surface area contributed by atoms with Crippen molar-refractivity contribution < 1.29 is 9.53 Å². The van der Waals surface area contributed by atoms with Crippen molar-refractivity contribution in [2.45, 2.75) is 32.9 Å². The zero-order valence-corrected chi connectivity index (χ0v) is 12.4. The third-order valence-corrected chi connectivity index (χ3v) is 2.48. The maximum Gasteiger partial charge on any atom is 0.407 e. The van der Waals surface area contributed by atoms with Gasteiger partial charge in [0.05, 0.1) is 18.4 Å². The molecule has 0 saturated carbocycles. The Morgan fingerprint density at radius 2 is 2.14 bits per heavy atom. The van der Waals surface area contributed by atoms with Gasteiger partial charge in [0.15, 0.2) is 0 Å². The molecule has 0 unspecified atom stereocenters. The Kier molecular flexibility index (Phi) is 4.52. The minimum absolute atomic E-state index is 0.417. The molecule has 0 aromatic carbocycles. The summed E-state index contributed by atoms with van der Waals surface area (Å²) in [7, 11) is 0. The quantitative estimate of drug-likeness (QED) is 0.929. The summed E-state index contributed by atoms with van der Waals surface area (Å²) in [5.74, 6) is 0. The molecule has 1 amide bonds. The van der Waals surface area contributed by atoms with Crippen LogP contribution in [0.1, 0.15) is 20.8 Å². The average Bonchev–Trinajstić information content (AvgIpc) is 2.86. The van der Waals surface area contributed by atoms with E-state index >= 15 is 0 Å². The van der Waals surface area contributed by atoms with Crippen LogP contribution in [0.3, 0.4) is 0 Å². The number of nitrogens with one attached hydrogen (secondary N) is 1. The Bertz CT molecular complexity index is 589. The fourth-order valence-electron chi connectivity index (χ4n) is 1.63. The van der Waals surface area contributed by atoms with Gasteiger partial charge in [-0.3, -0.25) is 9.67 Å². The number of nitrogens with zero attached hydrogens (tertiary/aromatic N) is 4. The van der Waals surface area contributed by atoms with Crippen LogP contribution in [-0.2, 0) is 11.3 Å². The van der Waals surface area contributed by atoms with Gasteiger partial charge in [-0.05, 0) is 32.9 Å². The minimum atomic E-state index is -0.497. The second-order valence-electron chi connectivity index (χ2n) is 5.51. The first kappa shape index (κ1) is 15.0. The van der Waals surface area contributed by atoms with E-state index in [0.717, 1.165) is 5.69 Å². The highest BCUT2D eigenvalue weighted by molar-refractivity contribution is 5.67. The lowest BCUT2D eigenvalue weighted by Crippen LogP contribution is -2.34. The molecule has 0 spiro atoms. The molecular weight excluding hydrogens is 270 g/mol. The van der Waals surface area contributed by atoms with Gasteiger partial charge in [-0.25, -0.2) is 4.79 Å². The Morgan fingerprint density at radius 1 is 1.33 bits per heavy atom. The molecule has 2 aromatic heterocycles. The second-order valence-corrected chi connectivity index (χ2v) is 5.51. The van der Waals surface area contributed by atoms with Crippen LogP contribution in [0.15, 0.2) is 30.6 Å². The average molecular weight is 289 g/mol. The van der Waals surface area contributed by atoms with Crippen LogP contribution in [0.2, 0.25) is 0 Å². The zero-order chi connectivity index (χ0) is 15.3. The number of ether oxygens (including phenoxy) is 1. The van der Waals surface area contributed by atoms with Gasteiger partial charge in [-0.2, -0.15) is 0 Å². The molecule has 21 heavy (non-hydrogen) atoms. The topological polar surface area (TPSA) is 81.9 Å². The number of rotatable bonds is 4. The Balaban J connectivity index is 1.83. The molecule has 112 valence electrons. The summed E-state index contributed by atoms with van der Waals surface area (Å²) in [5.41, 5.74) is 0.973. The molecule has 0 aliphatic carbocycles. The maximum absolute atomic E-state index is 11.5. The zero-order valence-electron chi connectivity index (χ0n) is 12.4. The van der Waals surface area contributed by atoms with Gasteiger partial charge in [-0.1, -0.05) is 11.3 Å². The van der Waals surface area contributed by atoms with Gasteiger partial charge in [-0.15, -0.1) is 5.10 Å². The number of carbonyl (C=O) groups excluding carboxylic acids is 1. The molecule has 0 fully saturated rings. The van der Waals surface area contributed by atoms with E-state index in [1.165, 1.54) is 0 Å². The first-order valence-corrected chi connectivity index (χ1v) is 6.72. The smallest absolute Gasteiger partial charge is 0.407 e. The van der Waals surface area contributed by atoms with Gasteiger partial charge in [0.25, 0.3) is 0 Å². The molecule has 0 aliphatic heterocycles. The molecular formula is C14H19N5O2. The molecule has 7 nitrogen and oxygen atoms in total. The predicted octanol–water partition coefficient (Wildman–Crippen LogP) is 1.86. The van der Waals surface area contributed by atoms with Crippen LogP contribution in [0, 0.1) is 0 Å². The third kappa shape index (κ3) is 4.87. The summed E-state index contributed by atoms with van der Waals surface area (Å²) >= 11 is 0. The largest absolute Gasteiger partial charge is 0.444 e. The summed E-state index contributed by atoms with van der Waals surface area (Å²) < 4.78 is 6.80. The lowest BCUT2D eigenvalue weighted by molar-refractivity contribution is 0.0525. The fraction of sp³-hybridized carbons (Fsp3) is 0.429. The number of aromatic nitrogens is 4. The molecule has 2 aromatic rings. The van der Waals surface area contributed by atoms with Crippen molar-refractivity contribution in [3.63, 3.8) is 0 Å². The van der Waals surface area contributed by atoms with Crippen molar-refractivity contribution in [3.8, 4) is 11.4 Å². The third-order valence-electron chi connectivity index (χ3n) is 2.48. The van der Waals surface area contributed by atoms with Crippen LogP contribution in [-0.4, -0.2) is 38.2 Å². The maximum atomic E-state index is 11.5. The highest BCUT2D eigenvalue weighted by Gasteiger charge is 2.15. The summed E-state index contributed by atoms with van der Waals surface area (Å²) in [6.07, 6.45) is 3.06. The summed E-state index contributed by atoms with van der Waals surface area (Å²) in [4.78, 5) is 15.7. The van der Waals surface area contributed by atoms with Gasteiger partial charge < -0.3 is 10.1 Å². The fourth-order valence-corrected chi connectivity index (χ4v) is 1.63. The van der Waals surface area contributed by atoms with Crippen molar-refractivity contribution >= 4 is 6.09 Å². The van der Waals surface area contributed by atoms with E-state index in [2.05, 4.69) is 20.6 Å². The van der Waals surface area contributed by atoms with Crippen molar-refractivity contribution in [2.24, 2.45) is 0 Å². The van der Waals surface area contributed by atoms with E-state index in [0.29, 0.717) is 18.8 Å². The standard InChI is InChI=1S/C14H19N5O2/c1-14(2,3)21-13(20)16-8-9-19-10-12(17-18-19)11-6-4-5-7-15-11/h4-7,10H,8-9H2,1-3H3,(H,16,20). The first-order chi connectivity index (χ1) is 9.94. The molecule has 0 atom stereocenters. The van der Waals surface area contributed by atoms with Crippen molar-refractivity contribution in [2.75, 3.05) is 6.54 Å². The van der Waals surface area contributed by atoms with E-state index < -0.39 is 11.7 Å². The van der Waals surface area contributed by atoms with Crippen molar-refractivity contribution in [1.82, 2.24) is 25.3 Å². The molecule has 2 rings (SSSR count). The molecule has 0 bridgehead atoms. The van der Waals surface area contributed by atoms with Crippen LogP contribution in [0.5, 0.6) is 0 Å². The normalized spacial score (nSPS) is 11.2. The van der Waals surface area contributed by atoms with E-state index in [9.17, 15) is 4.79 Å². The number of hydrogen-bond acceptors (Lipinski definition) is 5. The first-order valence-electron chi connectivity index (χ1n) is 6.72. The minimum Gasteiger partial charge on any atom is -0.444 e. The summed E-state index contributed by atoms with van der Waals surface area (Å²) in [6, 6.07) is 5.61. The van der Waals surface area contributed by atoms with Crippen LogP contribution in [0.4, 0.5) is 4.79 Å². The van der Waals surface area contributed by atoms with E-state index in [4.69, 9.17) is 4.74 Å². The Morgan fingerprint density at radius 3 is 2.81 bits per heavy atom. The number of alkyl carbamates (subject to hydrolysis) is 1. The van der Waals surface area contributed by atoms with Crippen molar-refractivity contribution in [3.05, 3.63) is 30.6 Å². The van der Waals surface area contributed by atoms with E-state index in [1.807, 2.05) is 39.0 Å². The number of carbonyl (C=O) groups is 1. The lowest BCUT2D eigenvalue weighted by Gasteiger charge is -2.19. The Hall–Kier alpha value is -2.44. The van der Waals surface area contributed by atoms with Gasteiger partial charge in [0.2, 0.25) is 0 Å². The molecule has 0 radical (unpaired) electrons. The molecule has 2 heterocycles. The number of pyridine rings is 1.